The Morgan fingerprint density at radius 1 is 1.26 bits per heavy atom. The predicted molar refractivity (Wildman–Crippen MR) is 109 cm³/mol. The molecule has 0 aromatic heterocycles. The summed E-state index contributed by atoms with van der Waals surface area (Å²) in [5, 5.41) is 3.09. The van der Waals surface area contributed by atoms with Crippen LogP contribution in [-0.4, -0.2) is 33.7 Å². The molecule has 0 spiro atoms. The lowest BCUT2D eigenvalue weighted by Crippen LogP contribution is -2.47. The van der Waals surface area contributed by atoms with Crippen LogP contribution < -0.4 is 14.4 Å². The maximum Gasteiger partial charge on any atom is 0.248 e. The molecule has 0 bridgehead atoms. The Hall–Kier alpha value is -2.25. The number of aryl methyl sites for hydroxylation is 1. The summed E-state index contributed by atoms with van der Waals surface area (Å²) in [6, 6.07) is 11.0. The third-order valence-corrected chi connectivity index (χ3v) is 5.48. The fraction of sp³-hybridized carbons (Fsp3) is 0.316. The predicted octanol–water partition coefficient (Wildman–Crippen LogP) is 3.84. The molecule has 1 N–H and O–H groups in total. The smallest absolute Gasteiger partial charge is 0.248 e. The number of rotatable bonds is 7. The minimum Gasteiger partial charge on any atom is -0.495 e. The van der Waals surface area contributed by atoms with E-state index >= 15 is 0 Å². The molecule has 2 aromatic carbocycles. The lowest BCUT2D eigenvalue weighted by atomic mass is 10.1. The van der Waals surface area contributed by atoms with Gasteiger partial charge in [-0.1, -0.05) is 30.7 Å². The Morgan fingerprint density at radius 2 is 1.96 bits per heavy atom. The Balaban J connectivity index is 2.36. The van der Waals surface area contributed by atoms with Crippen LogP contribution in [-0.2, 0) is 14.8 Å². The molecule has 2 aromatic rings. The van der Waals surface area contributed by atoms with E-state index in [0.717, 1.165) is 16.1 Å². The number of nitrogens with one attached hydrogen (secondary N) is 1. The van der Waals surface area contributed by atoms with Gasteiger partial charge in [-0.2, -0.15) is 0 Å². The van der Waals surface area contributed by atoms with Gasteiger partial charge in [-0.25, -0.2) is 8.42 Å². The van der Waals surface area contributed by atoms with E-state index in [1.807, 2.05) is 13.0 Å². The van der Waals surface area contributed by atoms with Crippen LogP contribution >= 0.6 is 11.6 Å². The molecule has 2 rings (SSSR count). The number of amides is 1. The first-order valence-corrected chi connectivity index (χ1v) is 10.6. The number of carbonyl (C=O) groups is 1. The summed E-state index contributed by atoms with van der Waals surface area (Å²) in [5.41, 5.74) is 1.81. The van der Waals surface area contributed by atoms with E-state index in [1.165, 1.54) is 7.11 Å². The normalized spacial score (nSPS) is 12.3. The van der Waals surface area contributed by atoms with Crippen molar-refractivity contribution in [2.24, 2.45) is 0 Å². The number of methoxy groups -OCH3 is 1. The largest absolute Gasteiger partial charge is 0.495 e. The zero-order chi connectivity index (χ0) is 20.2. The van der Waals surface area contributed by atoms with Crippen molar-refractivity contribution in [3.05, 3.63) is 53.1 Å². The SMILES string of the molecule is CC[C@@H](C(=O)Nc1ccc(OC)c(Cl)c1)N(c1cccc(C)c1)S(C)(=O)=O. The van der Waals surface area contributed by atoms with Crippen molar-refractivity contribution >= 4 is 38.9 Å². The van der Waals surface area contributed by atoms with E-state index in [0.29, 0.717) is 28.6 Å². The van der Waals surface area contributed by atoms with Crippen LogP contribution in [0.4, 0.5) is 11.4 Å². The fourth-order valence-electron chi connectivity index (χ4n) is 2.80. The van der Waals surface area contributed by atoms with E-state index in [9.17, 15) is 13.2 Å². The number of ether oxygens (including phenoxy) is 1. The first-order valence-electron chi connectivity index (χ1n) is 8.37. The Kier molecular flexibility index (Phi) is 6.73. The summed E-state index contributed by atoms with van der Waals surface area (Å²) in [7, 11) is -2.18. The van der Waals surface area contributed by atoms with E-state index in [4.69, 9.17) is 16.3 Å². The molecule has 0 aliphatic rings. The molecule has 0 saturated heterocycles. The van der Waals surface area contributed by atoms with Gasteiger partial charge >= 0.3 is 0 Å². The molecule has 0 aliphatic heterocycles. The van der Waals surface area contributed by atoms with Gasteiger partial charge < -0.3 is 10.1 Å². The van der Waals surface area contributed by atoms with Crippen LogP contribution in [0, 0.1) is 6.92 Å². The quantitative estimate of drug-likeness (QED) is 0.752. The molecule has 1 atom stereocenters. The highest BCUT2D eigenvalue weighted by atomic mass is 35.5. The van der Waals surface area contributed by atoms with E-state index in [-0.39, 0.29) is 0 Å². The molecule has 0 aliphatic carbocycles. The van der Waals surface area contributed by atoms with Crippen molar-refractivity contribution in [1.82, 2.24) is 0 Å². The average molecular weight is 411 g/mol. The van der Waals surface area contributed by atoms with Crippen molar-refractivity contribution in [2.45, 2.75) is 26.3 Å². The molecule has 0 fully saturated rings. The third kappa shape index (κ3) is 5.14. The van der Waals surface area contributed by atoms with E-state index in [2.05, 4.69) is 5.32 Å². The second kappa shape index (κ2) is 8.63. The molecular weight excluding hydrogens is 388 g/mol. The van der Waals surface area contributed by atoms with Crippen LogP contribution in [0.5, 0.6) is 5.75 Å². The second-order valence-electron chi connectivity index (χ2n) is 6.16. The number of carbonyl (C=O) groups excluding carboxylic acids is 1. The van der Waals surface area contributed by atoms with Crippen molar-refractivity contribution < 1.29 is 17.9 Å². The summed E-state index contributed by atoms with van der Waals surface area (Å²) in [6.45, 7) is 3.63. The van der Waals surface area contributed by atoms with Gasteiger partial charge in [-0.05, 0) is 49.2 Å². The highest BCUT2D eigenvalue weighted by Crippen LogP contribution is 2.28. The van der Waals surface area contributed by atoms with Gasteiger partial charge in [0.2, 0.25) is 15.9 Å². The lowest BCUT2D eigenvalue weighted by Gasteiger charge is -2.30. The number of sulfonamides is 1. The zero-order valence-electron chi connectivity index (χ0n) is 15.7. The highest BCUT2D eigenvalue weighted by molar-refractivity contribution is 7.92. The first-order chi connectivity index (χ1) is 12.7. The van der Waals surface area contributed by atoms with E-state index < -0.39 is 22.0 Å². The molecule has 0 radical (unpaired) electrons. The van der Waals surface area contributed by atoms with Crippen LogP contribution in [0.3, 0.4) is 0 Å². The molecule has 0 heterocycles. The van der Waals surface area contributed by atoms with Crippen LogP contribution in [0.25, 0.3) is 0 Å². The van der Waals surface area contributed by atoms with Crippen LogP contribution in [0.2, 0.25) is 5.02 Å². The number of anilines is 2. The number of halogens is 1. The highest BCUT2D eigenvalue weighted by Gasteiger charge is 2.31. The summed E-state index contributed by atoms with van der Waals surface area (Å²) in [4.78, 5) is 12.9. The zero-order valence-corrected chi connectivity index (χ0v) is 17.3. The maximum atomic E-state index is 12.9. The number of nitrogens with zero attached hydrogens (tertiary/aromatic N) is 1. The van der Waals surface area contributed by atoms with Gasteiger partial charge in [0.1, 0.15) is 11.8 Å². The van der Waals surface area contributed by atoms with Gasteiger partial charge in [0, 0.05) is 5.69 Å². The molecular formula is C19H23ClN2O4S. The van der Waals surface area contributed by atoms with E-state index in [1.54, 1.807) is 43.3 Å². The number of hydrogen-bond donors (Lipinski definition) is 1. The summed E-state index contributed by atoms with van der Waals surface area (Å²) in [6.07, 6.45) is 1.40. The molecule has 1 amide bonds. The van der Waals surface area contributed by atoms with Crippen molar-refractivity contribution in [2.75, 3.05) is 23.0 Å². The van der Waals surface area contributed by atoms with Gasteiger partial charge in [-0.15, -0.1) is 0 Å². The molecule has 0 unspecified atom stereocenters. The van der Waals surface area contributed by atoms with Gasteiger partial charge in [0.25, 0.3) is 0 Å². The van der Waals surface area contributed by atoms with Crippen molar-refractivity contribution in [1.29, 1.82) is 0 Å². The number of benzene rings is 2. The first kappa shape index (κ1) is 21.1. The monoisotopic (exact) mass is 410 g/mol. The summed E-state index contributed by atoms with van der Waals surface area (Å²) in [5.74, 6) is 0.0462. The van der Waals surface area contributed by atoms with Crippen molar-refractivity contribution in [3.63, 3.8) is 0 Å². The van der Waals surface area contributed by atoms with Crippen molar-refractivity contribution in [3.8, 4) is 5.75 Å². The average Bonchev–Trinajstić information content (AvgIpc) is 2.58. The Bertz CT molecular complexity index is 931. The minimum absolute atomic E-state index is 0.302. The second-order valence-corrected chi connectivity index (χ2v) is 8.43. The molecule has 6 nitrogen and oxygen atoms in total. The Labute approximate surface area is 165 Å². The molecule has 8 heteroatoms. The standard InChI is InChI=1S/C19H23ClN2O4S/c1-5-17(19(23)21-14-9-10-18(26-3)16(20)12-14)22(27(4,24)25)15-8-6-7-13(2)11-15/h6-12,17H,5H2,1-4H3,(H,21,23)/t17-/m0/s1. The lowest BCUT2D eigenvalue weighted by molar-refractivity contribution is -0.117. The topological polar surface area (TPSA) is 75.7 Å². The molecule has 146 valence electrons. The van der Waals surface area contributed by atoms with Crippen LogP contribution in [0.15, 0.2) is 42.5 Å². The fourth-order valence-corrected chi connectivity index (χ4v) is 4.26. The maximum absolute atomic E-state index is 12.9. The van der Waals surface area contributed by atoms with Gasteiger partial charge in [0.05, 0.1) is 24.1 Å². The number of hydrogen-bond acceptors (Lipinski definition) is 4. The molecule has 0 saturated carbocycles. The Morgan fingerprint density at radius 3 is 2.48 bits per heavy atom. The van der Waals surface area contributed by atoms with Gasteiger partial charge in [-0.3, -0.25) is 9.10 Å². The van der Waals surface area contributed by atoms with Crippen LogP contribution in [0.1, 0.15) is 18.9 Å². The minimum atomic E-state index is -3.68. The molecule has 27 heavy (non-hydrogen) atoms. The third-order valence-electron chi connectivity index (χ3n) is 4.01. The summed E-state index contributed by atoms with van der Waals surface area (Å²) >= 11 is 6.09. The summed E-state index contributed by atoms with van der Waals surface area (Å²) < 4.78 is 31.1. The van der Waals surface area contributed by atoms with Gasteiger partial charge in [0.15, 0.2) is 0 Å².